The Labute approximate surface area is 122 Å². The Bertz CT molecular complexity index is 450. The monoisotopic (exact) mass is 274 g/mol. The van der Waals surface area contributed by atoms with Gasteiger partial charge in [-0.1, -0.05) is 45.2 Å². The summed E-state index contributed by atoms with van der Waals surface area (Å²) < 4.78 is 0. The largest absolute Gasteiger partial charge is 0.326 e. The molecule has 1 amide bonds. The maximum absolute atomic E-state index is 12.5. The third-order valence-corrected chi connectivity index (χ3v) is 4.27. The molecule has 110 valence electrons. The lowest BCUT2D eigenvalue weighted by molar-refractivity contribution is -0.126. The second-order valence-corrected chi connectivity index (χ2v) is 6.06. The maximum Gasteiger partial charge on any atom is 0.230 e. The lowest BCUT2D eigenvalue weighted by Gasteiger charge is -2.32. The van der Waals surface area contributed by atoms with Crippen LogP contribution in [0.25, 0.3) is 0 Å². The minimum Gasteiger partial charge on any atom is -0.326 e. The molecular formula is C17H26N2O. The molecule has 0 spiro atoms. The van der Waals surface area contributed by atoms with Gasteiger partial charge in [-0.25, -0.2) is 0 Å². The first-order chi connectivity index (χ1) is 9.64. The molecule has 1 aliphatic rings. The SMILES string of the molecule is CCNCc1cccc(NC(=O)C2(C)CCCCC2)c1. The number of benzene rings is 1. The molecule has 0 atom stereocenters. The van der Waals surface area contributed by atoms with Crippen LogP contribution >= 0.6 is 0 Å². The van der Waals surface area contributed by atoms with E-state index < -0.39 is 0 Å². The zero-order valence-corrected chi connectivity index (χ0v) is 12.7. The average Bonchev–Trinajstić information content (AvgIpc) is 2.46. The van der Waals surface area contributed by atoms with Crippen molar-refractivity contribution in [1.82, 2.24) is 5.32 Å². The van der Waals surface area contributed by atoms with Crippen molar-refractivity contribution in [3.8, 4) is 0 Å². The summed E-state index contributed by atoms with van der Waals surface area (Å²) in [4.78, 5) is 12.5. The van der Waals surface area contributed by atoms with E-state index in [1.165, 1.54) is 24.8 Å². The number of nitrogens with one attached hydrogen (secondary N) is 2. The van der Waals surface area contributed by atoms with Crippen LogP contribution in [0, 0.1) is 5.41 Å². The second-order valence-electron chi connectivity index (χ2n) is 6.06. The van der Waals surface area contributed by atoms with Crippen LogP contribution in [-0.4, -0.2) is 12.5 Å². The molecule has 0 aliphatic heterocycles. The van der Waals surface area contributed by atoms with E-state index in [0.717, 1.165) is 31.6 Å². The van der Waals surface area contributed by atoms with Crippen LogP contribution in [-0.2, 0) is 11.3 Å². The van der Waals surface area contributed by atoms with Crippen LogP contribution in [0.3, 0.4) is 0 Å². The smallest absolute Gasteiger partial charge is 0.230 e. The number of rotatable bonds is 5. The van der Waals surface area contributed by atoms with E-state index in [-0.39, 0.29) is 11.3 Å². The summed E-state index contributed by atoms with van der Waals surface area (Å²) in [6.07, 6.45) is 5.63. The number of carbonyl (C=O) groups excluding carboxylic acids is 1. The van der Waals surface area contributed by atoms with Gasteiger partial charge in [-0.05, 0) is 37.1 Å². The van der Waals surface area contributed by atoms with Gasteiger partial charge in [0.1, 0.15) is 0 Å². The summed E-state index contributed by atoms with van der Waals surface area (Å²) in [5.41, 5.74) is 1.94. The molecule has 1 saturated carbocycles. The van der Waals surface area contributed by atoms with E-state index in [1.54, 1.807) is 0 Å². The molecule has 2 rings (SSSR count). The molecule has 0 saturated heterocycles. The van der Waals surface area contributed by atoms with Crippen LogP contribution in [0.1, 0.15) is 51.5 Å². The molecule has 0 unspecified atom stereocenters. The highest BCUT2D eigenvalue weighted by molar-refractivity contribution is 5.95. The molecule has 3 heteroatoms. The minimum absolute atomic E-state index is 0.179. The number of amides is 1. The summed E-state index contributed by atoms with van der Waals surface area (Å²) in [5.74, 6) is 0.179. The highest BCUT2D eigenvalue weighted by Crippen LogP contribution is 2.36. The number of carbonyl (C=O) groups is 1. The predicted molar refractivity (Wildman–Crippen MR) is 83.6 cm³/mol. The van der Waals surface area contributed by atoms with Gasteiger partial charge >= 0.3 is 0 Å². The fourth-order valence-corrected chi connectivity index (χ4v) is 2.87. The number of hydrogen-bond acceptors (Lipinski definition) is 2. The van der Waals surface area contributed by atoms with Gasteiger partial charge in [0.15, 0.2) is 0 Å². The quantitative estimate of drug-likeness (QED) is 0.859. The summed E-state index contributed by atoms with van der Waals surface area (Å²) in [6, 6.07) is 8.12. The Morgan fingerprint density at radius 1 is 1.25 bits per heavy atom. The molecule has 1 aliphatic carbocycles. The third-order valence-electron chi connectivity index (χ3n) is 4.27. The standard InChI is InChI=1S/C17H26N2O/c1-3-18-13-14-8-7-9-15(12-14)19-16(20)17(2)10-5-4-6-11-17/h7-9,12,18H,3-6,10-11,13H2,1-2H3,(H,19,20). The second kappa shape index (κ2) is 6.89. The molecule has 0 radical (unpaired) electrons. The van der Waals surface area contributed by atoms with E-state index in [1.807, 2.05) is 12.1 Å². The topological polar surface area (TPSA) is 41.1 Å². The van der Waals surface area contributed by atoms with E-state index in [2.05, 4.69) is 36.6 Å². The van der Waals surface area contributed by atoms with Gasteiger partial charge in [-0.2, -0.15) is 0 Å². The van der Waals surface area contributed by atoms with Crippen molar-refractivity contribution in [1.29, 1.82) is 0 Å². The van der Waals surface area contributed by atoms with Crippen molar-refractivity contribution in [2.45, 2.75) is 52.5 Å². The Kier molecular flexibility index (Phi) is 5.18. The third kappa shape index (κ3) is 3.83. The Morgan fingerprint density at radius 2 is 2.00 bits per heavy atom. The summed E-state index contributed by atoms with van der Waals surface area (Å²) in [7, 11) is 0. The highest BCUT2D eigenvalue weighted by atomic mass is 16.2. The Hall–Kier alpha value is -1.35. The highest BCUT2D eigenvalue weighted by Gasteiger charge is 2.34. The normalized spacial score (nSPS) is 17.7. The van der Waals surface area contributed by atoms with Crippen molar-refractivity contribution in [3.63, 3.8) is 0 Å². The number of hydrogen-bond donors (Lipinski definition) is 2. The fourth-order valence-electron chi connectivity index (χ4n) is 2.87. The van der Waals surface area contributed by atoms with Crippen LogP contribution in [0.5, 0.6) is 0 Å². The first kappa shape index (κ1) is 15.0. The van der Waals surface area contributed by atoms with Crippen molar-refractivity contribution in [3.05, 3.63) is 29.8 Å². The Morgan fingerprint density at radius 3 is 2.70 bits per heavy atom. The molecule has 1 aromatic rings. The average molecular weight is 274 g/mol. The summed E-state index contributed by atoms with van der Waals surface area (Å²) in [5, 5.41) is 6.41. The first-order valence-corrected chi connectivity index (χ1v) is 7.75. The zero-order chi connectivity index (χ0) is 14.4. The van der Waals surface area contributed by atoms with Crippen molar-refractivity contribution < 1.29 is 4.79 Å². The Balaban J connectivity index is 2.00. The number of anilines is 1. The van der Waals surface area contributed by atoms with Gasteiger partial charge in [0.05, 0.1) is 0 Å². The van der Waals surface area contributed by atoms with E-state index >= 15 is 0 Å². The van der Waals surface area contributed by atoms with Crippen molar-refractivity contribution in [2.24, 2.45) is 5.41 Å². The lowest BCUT2D eigenvalue weighted by atomic mass is 9.75. The lowest BCUT2D eigenvalue weighted by Crippen LogP contribution is -2.35. The van der Waals surface area contributed by atoms with Crippen LogP contribution in [0.15, 0.2) is 24.3 Å². The molecule has 1 fully saturated rings. The van der Waals surface area contributed by atoms with Gasteiger partial charge in [0.25, 0.3) is 0 Å². The minimum atomic E-state index is -0.185. The molecule has 2 N–H and O–H groups in total. The molecule has 0 aromatic heterocycles. The van der Waals surface area contributed by atoms with Crippen LogP contribution in [0.2, 0.25) is 0 Å². The molecule has 20 heavy (non-hydrogen) atoms. The van der Waals surface area contributed by atoms with Crippen molar-refractivity contribution in [2.75, 3.05) is 11.9 Å². The van der Waals surface area contributed by atoms with Crippen LogP contribution < -0.4 is 10.6 Å². The molecule has 0 bridgehead atoms. The maximum atomic E-state index is 12.5. The van der Waals surface area contributed by atoms with Gasteiger partial charge in [-0.3, -0.25) is 4.79 Å². The van der Waals surface area contributed by atoms with E-state index in [4.69, 9.17) is 0 Å². The summed E-state index contributed by atoms with van der Waals surface area (Å²) in [6.45, 7) is 5.99. The van der Waals surface area contributed by atoms with Gasteiger partial charge in [0.2, 0.25) is 5.91 Å². The van der Waals surface area contributed by atoms with E-state index in [9.17, 15) is 4.79 Å². The molecular weight excluding hydrogens is 248 g/mol. The van der Waals surface area contributed by atoms with Gasteiger partial charge in [-0.15, -0.1) is 0 Å². The van der Waals surface area contributed by atoms with Crippen LogP contribution in [0.4, 0.5) is 5.69 Å². The fraction of sp³-hybridized carbons (Fsp3) is 0.588. The molecule has 1 aromatic carbocycles. The van der Waals surface area contributed by atoms with E-state index in [0.29, 0.717) is 0 Å². The summed E-state index contributed by atoms with van der Waals surface area (Å²) >= 11 is 0. The zero-order valence-electron chi connectivity index (χ0n) is 12.7. The first-order valence-electron chi connectivity index (χ1n) is 7.75. The molecule has 3 nitrogen and oxygen atoms in total. The predicted octanol–water partition coefficient (Wildman–Crippen LogP) is 3.71. The van der Waals surface area contributed by atoms with Gasteiger partial charge < -0.3 is 10.6 Å². The van der Waals surface area contributed by atoms with Crippen molar-refractivity contribution >= 4 is 11.6 Å². The molecule has 0 heterocycles. The van der Waals surface area contributed by atoms with Gasteiger partial charge in [0, 0.05) is 17.6 Å².